The topological polar surface area (TPSA) is 89.0 Å². The molecule has 1 aromatic heterocycles. The molecule has 5 heteroatoms. The first-order valence-electron chi connectivity index (χ1n) is 4.57. The van der Waals surface area contributed by atoms with Gasteiger partial charge in [0.2, 0.25) is 0 Å². The number of nitrogens with two attached hydrogens (primary N) is 2. The number of nitrogens with one attached hydrogen (secondary N) is 2. The zero-order valence-electron chi connectivity index (χ0n) is 8.49. The minimum absolute atomic E-state index is 0.0550. The Morgan fingerprint density at radius 2 is 2.14 bits per heavy atom. The number of aromatic nitrogens is 1. The van der Waals surface area contributed by atoms with Crippen molar-refractivity contribution >= 4 is 11.4 Å². The van der Waals surface area contributed by atoms with Crippen LogP contribution in [0.5, 0.6) is 0 Å². The minimum atomic E-state index is -0.0550. The molecular formula is C9H17N5. The summed E-state index contributed by atoms with van der Waals surface area (Å²) in [6.45, 7) is 3.86. The number of hydrogen-bond donors (Lipinski definition) is 4. The summed E-state index contributed by atoms with van der Waals surface area (Å²) in [6.07, 6.45) is 3.32. The van der Waals surface area contributed by atoms with E-state index in [1.807, 2.05) is 19.9 Å². The van der Waals surface area contributed by atoms with Crippen molar-refractivity contribution in [3.8, 4) is 0 Å². The number of anilines is 2. The molecular weight excluding hydrogens is 178 g/mol. The Labute approximate surface area is 83.9 Å². The van der Waals surface area contributed by atoms with Crippen molar-refractivity contribution < 1.29 is 0 Å². The Bertz CT molecular complexity index is 286. The van der Waals surface area contributed by atoms with E-state index in [-0.39, 0.29) is 12.3 Å². The Morgan fingerprint density at radius 3 is 2.71 bits per heavy atom. The van der Waals surface area contributed by atoms with Crippen molar-refractivity contribution in [2.45, 2.75) is 26.2 Å². The Balaban J connectivity index is 2.56. The highest BCUT2D eigenvalue weighted by molar-refractivity contribution is 5.64. The van der Waals surface area contributed by atoms with Crippen LogP contribution in [0.15, 0.2) is 18.5 Å². The van der Waals surface area contributed by atoms with Gasteiger partial charge < -0.3 is 16.8 Å². The molecule has 1 rings (SSSR count). The molecule has 2 unspecified atom stereocenters. The molecule has 0 aliphatic rings. The summed E-state index contributed by atoms with van der Waals surface area (Å²) in [7, 11) is 0. The van der Waals surface area contributed by atoms with Crippen molar-refractivity contribution in [1.29, 1.82) is 0 Å². The molecule has 0 saturated carbocycles. The number of hydrogen-bond acceptors (Lipinski definition) is 5. The quantitative estimate of drug-likeness (QED) is 0.519. The van der Waals surface area contributed by atoms with E-state index in [1.165, 1.54) is 0 Å². The second kappa shape index (κ2) is 4.78. The van der Waals surface area contributed by atoms with Gasteiger partial charge in [-0.2, -0.15) is 0 Å². The molecule has 2 atom stereocenters. The van der Waals surface area contributed by atoms with Crippen LogP contribution in [0.3, 0.4) is 0 Å². The predicted molar refractivity (Wildman–Crippen MR) is 58.5 cm³/mol. The van der Waals surface area contributed by atoms with E-state index >= 15 is 0 Å². The molecule has 0 bridgehead atoms. The maximum Gasteiger partial charge on any atom is 0.0751 e. The first kappa shape index (κ1) is 10.7. The molecule has 0 amide bonds. The van der Waals surface area contributed by atoms with Gasteiger partial charge in [-0.25, -0.2) is 0 Å². The van der Waals surface area contributed by atoms with Gasteiger partial charge in [-0.05, 0) is 19.9 Å². The smallest absolute Gasteiger partial charge is 0.0751 e. The van der Waals surface area contributed by atoms with Crippen molar-refractivity contribution in [3.05, 3.63) is 18.5 Å². The molecule has 0 radical (unpaired) electrons. The zero-order chi connectivity index (χ0) is 10.6. The van der Waals surface area contributed by atoms with Gasteiger partial charge in [-0.15, -0.1) is 0 Å². The maximum absolute atomic E-state index is 5.72. The van der Waals surface area contributed by atoms with Crippen LogP contribution in [0.4, 0.5) is 11.4 Å². The van der Waals surface area contributed by atoms with Crippen LogP contribution in [0.25, 0.3) is 0 Å². The minimum Gasteiger partial charge on any atom is -0.396 e. The number of rotatable bonds is 4. The fourth-order valence-corrected chi connectivity index (χ4v) is 1.21. The van der Waals surface area contributed by atoms with Gasteiger partial charge in [0.15, 0.2) is 0 Å². The van der Waals surface area contributed by atoms with Crippen LogP contribution < -0.4 is 22.1 Å². The Hall–Kier alpha value is -1.33. The van der Waals surface area contributed by atoms with E-state index in [1.54, 1.807) is 12.4 Å². The van der Waals surface area contributed by atoms with E-state index in [0.29, 0.717) is 5.69 Å². The van der Waals surface area contributed by atoms with E-state index in [4.69, 9.17) is 11.5 Å². The van der Waals surface area contributed by atoms with Crippen molar-refractivity contribution in [2.24, 2.45) is 5.73 Å². The van der Waals surface area contributed by atoms with Crippen LogP contribution in [0, 0.1) is 0 Å². The van der Waals surface area contributed by atoms with Gasteiger partial charge in [-0.3, -0.25) is 10.3 Å². The largest absolute Gasteiger partial charge is 0.396 e. The number of nitrogen functional groups attached to an aromatic ring is 1. The summed E-state index contributed by atoms with van der Waals surface area (Å²) in [5.74, 6) is 0. The van der Waals surface area contributed by atoms with E-state index < -0.39 is 0 Å². The number of nitrogens with zero attached hydrogens (tertiary/aromatic N) is 1. The summed E-state index contributed by atoms with van der Waals surface area (Å²) in [5, 5.41) is 6.29. The van der Waals surface area contributed by atoms with Gasteiger partial charge >= 0.3 is 0 Å². The van der Waals surface area contributed by atoms with Gasteiger partial charge in [0.1, 0.15) is 0 Å². The van der Waals surface area contributed by atoms with Crippen molar-refractivity contribution in [3.63, 3.8) is 0 Å². The molecule has 6 N–H and O–H groups in total. The SMILES string of the molecule is CC(N)NC(C)Nc1ccncc1N. The maximum atomic E-state index is 5.72. The summed E-state index contributed by atoms with van der Waals surface area (Å²) in [5.41, 5.74) is 12.8. The summed E-state index contributed by atoms with van der Waals surface area (Å²) in [4.78, 5) is 3.90. The second-order valence-electron chi connectivity index (χ2n) is 3.28. The molecule has 0 spiro atoms. The molecule has 0 aromatic carbocycles. The fraction of sp³-hybridized carbons (Fsp3) is 0.444. The van der Waals surface area contributed by atoms with Crippen molar-refractivity contribution in [2.75, 3.05) is 11.1 Å². The third-order valence-electron chi connectivity index (χ3n) is 1.74. The normalized spacial score (nSPS) is 14.8. The lowest BCUT2D eigenvalue weighted by Crippen LogP contribution is -2.44. The van der Waals surface area contributed by atoms with E-state index in [0.717, 1.165) is 5.69 Å². The van der Waals surface area contributed by atoms with E-state index in [2.05, 4.69) is 15.6 Å². The van der Waals surface area contributed by atoms with Crippen LogP contribution in [-0.2, 0) is 0 Å². The molecule has 78 valence electrons. The summed E-state index contributed by atoms with van der Waals surface area (Å²) in [6, 6.07) is 1.83. The van der Waals surface area contributed by atoms with Crippen LogP contribution in [-0.4, -0.2) is 17.3 Å². The van der Waals surface area contributed by atoms with Crippen LogP contribution in [0.2, 0.25) is 0 Å². The molecule has 5 nitrogen and oxygen atoms in total. The number of pyridine rings is 1. The predicted octanol–water partition coefficient (Wildman–Crippen LogP) is 0.316. The Morgan fingerprint density at radius 1 is 1.43 bits per heavy atom. The molecule has 0 aliphatic heterocycles. The molecule has 0 saturated heterocycles. The molecule has 0 aliphatic carbocycles. The van der Waals surface area contributed by atoms with Gasteiger partial charge in [0.25, 0.3) is 0 Å². The standard InChI is InChI=1S/C9H17N5/c1-6(10)13-7(2)14-9-3-4-12-5-8(9)11/h3-7,13H,10-11H2,1-2H3,(H,12,14). The third-order valence-corrected chi connectivity index (χ3v) is 1.74. The summed E-state index contributed by atoms with van der Waals surface area (Å²) >= 11 is 0. The lowest BCUT2D eigenvalue weighted by molar-refractivity contribution is 0.510. The highest BCUT2D eigenvalue weighted by Crippen LogP contribution is 2.15. The first-order valence-corrected chi connectivity index (χ1v) is 4.57. The van der Waals surface area contributed by atoms with E-state index in [9.17, 15) is 0 Å². The monoisotopic (exact) mass is 195 g/mol. The average Bonchev–Trinajstić information content (AvgIpc) is 2.07. The Kier molecular flexibility index (Phi) is 3.67. The summed E-state index contributed by atoms with van der Waals surface area (Å²) < 4.78 is 0. The zero-order valence-corrected chi connectivity index (χ0v) is 8.49. The lowest BCUT2D eigenvalue weighted by atomic mass is 10.3. The average molecular weight is 195 g/mol. The lowest BCUT2D eigenvalue weighted by Gasteiger charge is -2.20. The molecule has 1 aromatic rings. The molecule has 1 heterocycles. The first-order chi connectivity index (χ1) is 6.59. The molecule has 0 fully saturated rings. The van der Waals surface area contributed by atoms with Crippen LogP contribution >= 0.6 is 0 Å². The van der Waals surface area contributed by atoms with Gasteiger partial charge in [0, 0.05) is 6.20 Å². The fourth-order valence-electron chi connectivity index (χ4n) is 1.21. The van der Waals surface area contributed by atoms with Gasteiger partial charge in [0.05, 0.1) is 29.9 Å². The van der Waals surface area contributed by atoms with Crippen LogP contribution in [0.1, 0.15) is 13.8 Å². The highest BCUT2D eigenvalue weighted by atomic mass is 15.2. The van der Waals surface area contributed by atoms with Crippen molar-refractivity contribution in [1.82, 2.24) is 10.3 Å². The third kappa shape index (κ3) is 3.20. The van der Waals surface area contributed by atoms with Gasteiger partial charge in [-0.1, -0.05) is 0 Å². The molecule has 14 heavy (non-hydrogen) atoms. The second-order valence-corrected chi connectivity index (χ2v) is 3.28. The highest BCUT2D eigenvalue weighted by Gasteiger charge is 2.04.